The van der Waals surface area contributed by atoms with Gasteiger partial charge < -0.3 is 9.88 Å². The molecule has 6 heteroatoms. The first kappa shape index (κ1) is 17.7. The van der Waals surface area contributed by atoms with Crippen LogP contribution in [0.2, 0.25) is 0 Å². The normalized spacial score (nSPS) is 10.9. The van der Waals surface area contributed by atoms with E-state index < -0.39 is 0 Å². The molecule has 6 nitrogen and oxygen atoms in total. The van der Waals surface area contributed by atoms with Gasteiger partial charge in [-0.2, -0.15) is 5.10 Å². The van der Waals surface area contributed by atoms with Gasteiger partial charge in [0.1, 0.15) is 0 Å². The molecule has 4 aromatic rings. The Labute approximate surface area is 162 Å². The Hall–Kier alpha value is -3.67. The van der Waals surface area contributed by atoms with Crippen molar-refractivity contribution >= 4 is 16.8 Å². The van der Waals surface area contributed by atoms with E-state index in [1.54, 1.807) is 29.4 Å². The molecule has 0 saturated heterocycles. The average Bonchev–Trinajstić information content (AvgIpc) is 3.12. The van der Waals surface area contributed by atoms with Crippen molar-refractivity contribution < 1.29 is 4.79 Å². The Balaban J connectivity index is 1.57. The molecule has 4 rings (SSSR count). The van der Waals surface area contributed by atoms with Crippen LogP contribution >= 0.6 is 0 Å². The molecule has 0 unspecified atom stereocenters. The van der Waals surface area contributed by atoms with E-state index in [9.17, 15) is 9.59 Å². The maximum Gasteiger partial charge on any atom is 0.255 e. The van der Waals surface area contributed by atoms with Crippen LogP contribution in [0.3, 0.4) is 0 Å². The molecule has 0 saturated carbocycles. The number of hydrogen-bond acceptors (Lipinski definition) is 3. The molecule has 0 radical (unpaired) electrons. The van der Waals surface area contributed by atoms with Crippen LogP contribution in [0.1, 0.15) is 21.6 Å². The fraction of sp³-hybridized carbons (Fsp3) is 0.136. The maximum atomic E-state index is 12.7. The molecule has 2 aromatic carbocycles. The number of benzene rings is 2. The number of rotatable bonds is 4. The van der Waals surface area contributed by atoms with Crippen LogP contribution in [0.15, 0.2) is 71.7 Å². The van der Waals surface area contributed by atoms with Gasteiger partial charge in [-0.25, -0.2) is 4.68 Å². The molecule has 0 bridgehead atoms. The summed E-state index contributed by atoms with van der Waals surface area (Å²) in [5, 5.41) is 8.23. The van der Waals surface area contributed by atoms with E-state index >= 15 is 0 Å². The molecule has 0 aliphatic heterocycles. The molecular weight excluding hydrogens is 352 g/mol. The zero-order chi connectivity index (χ0) is 19.7. The van der Waals surface area contributed by atoms with Crippen molar-refractivity contribution in [2.45, 2.75) is 13.5 Å². The molecule has 140 valence electrons. The summed E-state index contributed by atoms with van der Waals surface area (Å²) in [6.07, 6.45) is 1.71. The second-order valence-corrected chi connectivity index (χ2v) is 6.68. The van der Waals surface area contributed by atoms with Gasteiger partial charge in [0.2, 0.25) is 0 Å². The number of nitrogens with zero attached hydrogens (tertiary/aromatic N) is 3. The van der Waals surface area contributed by atoms with Crippen LogP contribution < -0.4 is 10.9 Å². The predicted octanol–water partition coefficient (Wildman–Crippen LogP) is 2.96. The lowest BCUT2D eigenvalue weighted by molar-refractivity contribution is 0.0950. The van der Waals surface area contributed by atoms with E-state index in [-0.39, 0.29) is 18.0 Å². The van der Waals surface area contributed by atoms with Gasteiger partial charge in [0.15, 0.2) is 0 Å². The van der Waals surface area contributed by atoms with Gasteiger partial charge in [-0.3, -0.25) is 9.59 Å². The Morgan fingerprint density at radius 3 is 2.57 bits per heavy atom. The molecule has 0 aliphatic rings. The summed E-state index contributed by atoms with van der Waals surface area (Å²) in [5.74, 6) is -0.255. The summed E-state index contributed by atoms with van der Waals surface area (Å²) < 4.78 is 3.29. The van der Waals surface area contributed by atoms with E-state index in [1.807, 2.05) is 60.7 Å². The number of aryl methyl sites for hydroxylation is 2. The lowest BCUT2D eigenvalue weighted by Gasteiger charge is -2.09. The summed E-state index contributed by atoms with van der Waals surface area (Å²) in [6, 6.07) is 19.1. The number of pyridine rings is 1. The van der Waals surface area contributed by atoms with Gasteiger partial charge in [0.25, 0.3) is 11.5 Å². The van der Waals surface area contributed by atoms with Crippen LogP contribution in [-0.2, 0) is 13.6 Å². The van der Waals surface area contributed by atoms with Crippen molar-refractivity contribution in [2.75, 3.05) is 0 Å². The van der Waals surface area contributed by atoms with Crippen LogP contribution in [-0.4, -0.2) is 20.3 Å². The highest BCUT2D eigenvalue weighted by molar-refractivity contribution is 5.95. The minimum Gasteiger partial charge on any atom is -0.348 e. The highest BCUT2D eigenvalue weighted by Gasteiger charge is 2.15. The standard InChI is InChI=1S/C22H20N4O2/c1-15-19(14-26(24-15)18-9-4-3-5-10-18)21(27)23-13-17-12-16-8-6-7-11-20(16)25(2)22(17)28/h3-12,14H,13H2,1-2H3,(H,23,27). The maximum absolute atomic E-state index is 12.7. The van der Waals surface area contributed by atoms with Crippen molar-refractivity contribution in [2.24, 2.45) is 7.05 Å². The molecule has 1 amide bonds. The van der Waals surface area contributed by atoms with Gasteiger partial charge in [-0.15, -0.1) is 0 Å². The molecule has 2 aromatic heterocycles. The van der Waals surface area contributed by atoms with Gasteiger partial charge in [0, 0.05) is 25.4 Å². The molecule has 28 heavy (non-hydrogen) atoms. The van der Waals surface area contributed by atoms with E-state index in [1.165, 1.54) is 0 Å². The van der Waals surface area contributed by atoms with E-state index in [0.717, 1.165) is 16.6 Å². The fourth-order valence-electron chi connectivity index (χ4n) is 3.28. The monoisotopic (exact) mass is 372 g/mol. The Morgan fingerprint density at radius 1 is 1.07 bits per heavy atom. The fourth-order valence-corrected chi connectivity index (χ4v) is 3.28. The number of carbonyl (C=O) groups is 1. The minimum absolute atomic E-state index is 0.115. The Bertz CT molecular complexity index is 1220. The minimum atomic E-state index is -0.255. The number of aromatic nitrogens is 3. The number of hydrogen-bond donors (Lipinski definition) is 1. The third-order valence-electron chi connectivity index (χ3n) is 4.81. The first-order valence-electron chi connectivity index (χ1n) is 9.02. The predicted molar refractivity (Wildman–Crippen MR) is 109 cm³/mol. The lowest BCUT2D eigenvalue weighted by Crippen LogP contribution is -2.29. The largest absolute Gasteiger partial charge is 0.348 e. The molecule has 1 N–H and O–H groups in total. The third kappa shape index (κ3) is 3.20. The Kier molecular flexibility index (Phi) is 4.53. The van der Waals surface area contributed by atoms with Crippen molar-refractivity contribution in [3.8, 4) is 5.69 Å². The number of fused-ring (bicyclic) bond motifs is 1. The summed E-state index contributed by atoms with van der Waals surface area (Å²) in [5.41, 5.74) is 3.29. The highest BCUT2D eigenvalue weighted by atomic mass is 16.2. The second kappa shape index (κ2) is 7.15. The Morgan fingerprint density at radius 2 is 1.79 bits per heavy atom. The lowest BCUT2D eigenvalue weighted by atomic mass is 10.1. The van der Waals surface area contributed by atoms with Crippen LogP contribution in [0, 0.1) is 6.92 Å². The number of nitrogens with one attached hydrogen (secondary N) is 1. The molecule has 0 fully saturated rings. The SMILES string of the molecule is Cc1nn(-c2ccccc2)cc1C(=O)NCc1cc2ccccc2n(C)c1=O. The van der Waals surface area contributed by atoms with E-state index in [4.69, 9.17) is 0 Å². The zero-order valence-electron chi connectivity index (χ0n) is 15.7. The second-order valence-electron chi connectivity index (χ2n) is 6.68. The van der Waals surface area contributed by atoms with Gasteiger partial charge in [-0.05, 0) is 36.6 Å². The van der Waals surface area contributed by atoms with Gasteiger partial charge in [0.05, 0.1) is 22.5 Å². The third-order valence-corrected chi connectivity index (χ3v) is 4.81. The molecule has 0 spiro atoms. The molecule has 0 atom stereocenters. The van der Waals surface area contributed by atoms with E-state index in [0.29, 0.717) is 16.8 Å². The summed E-state index contributed by atoms with van der Waals surface area (Å²) in [6.45, 7) is 1.95. The molecular formula is C22H20N4O2. The number of amides is 1. The van der Waals surface area contributed by atoms with Crippen LogP contribution in [0.25, 0.3) is 16.6 Å². The smallest absolute Gasteiger partial charge is 0.255 e. The number of para-hydroxylation sites is 2. The highest BCUT2D eigenvalue weighted by Crippen LogP contribution is 2.14. The topological polar surface area (TPSA) is 68.9 Å². The number of carbonyl (C=O) groups excluding carboxylic acids is 1. The van der Waals surface area contributed by atoms with E-state index in [2.05, 4.69) is 10.4 Å². The van der Waals surface area contributed by atoms with Crippen molar-refractivity contribution in [1.82, 2.24) is 19.7 Å². The first-order valence-corrected chi connectivity index (χ1v) is 9.02. The van der Waals surface area contributed by atoms with Crippen molar-refractivity contribution in [1.29, 1.82) is 0 Å². The molecule has 2 heterocycles. The zero-order valence-corrected chi connectivity index (χ0v) is 15.7. The summed E-state index contributed by atoms with van der Waals surface area (Å²) >= 11 is 0. The van der Waals surface area contributed by atoms with Crippen molar-refractivity contribution in [3.05, 3.63) is 94.0 Å². The summed E-state index contributed by atoms with van der Waals surface area (Å²) in [7, 11) is 1.74. The average molecular weight is 372 g/mol. The quantitative estimate of drug-likeness (QED) is 0.599. The van der Waals surface area contributed by atoms with Crippen LogP contribution in [0.4, 0.5) is 0 Å². The van der Waals surface area contributed by atoms with Gasteiger partial charge in [-0.1, -0.05) is 36.4 Å². The first-order chi connectivity index (χ1) is 13.5. The van der Waals surface area contributed by atoms with Crippen molar-refractivity contribution in [3.63, 3.8) is 0 Å². The molecule has 0 aliphatic carbocycles. The summed E-state index contributed by atoms with van der Waals surface area (Å²) in [4.78, 5) is 25.3. The van der Waals surface area contributed by atoms with Gasteiger partial charge >= 0.3 is 0 Å². The van der Waals surface area contributed by atoms with Crippen LogP contribution in [0.5, 0.6) is 0 Å².